The zero-order valence-electron chi connectivity index (χ0n) is 17.5. The molecule has 0 spiro atoms. The van der Waals surface area contributed by atoms with Crippen LogP contribution in [0.1, 0.15) is 25.0 Å². The van der Waals surface area contributed by atoms with Gasteiger partial charge in [0.15, 0.2) is 11.9 Å². The molecular weight excluding hydrogens is 358 g/mol. The molecule has 0 fully saturated rings. The van der Waals surface area contributed by atoms with Crippen LogP contribution in [-0.4, -0.2) is 10.1 Å². The van der Waals surface area contributed by atoms with Crippen molar-refractivity contribution >= 4 is 21.7 Å². The Balaban J connectivity index is 1.82. The highest BCUT2D eigenvalue weighted by Gasteiger charge is 2.33. The number of nitrogens with zero attached hydrogens (tertiary/aromatic N) is 3. The number of ether oxygens (including phenoxy) is 1. The Morgan fingerprint density at radius 3 is 2.76 bits per heavy atom. The summed E-state index contributed by atoms with van der Waals surface area (Å²) in [5.41, 5.74) is 5.53. The van der Waals surface area contributed by atoms with Gasteiger partial charge in [0.05, 0.1) is 22.9 Å². The van der Waals surface area contributed by atoms with E-state index in [0.29, 0.717) is 6.42 Å². The van der Waals surface area contributed by atoms with Crippen molar-refractivity contribution in [3.63, 3.8) is 0 Å². The van der Waals surface area contributed by atoms with E-state index in [1.165, 1.54) is 22.0 Å². The number of fused-ring (bicyclic) bond motifs is 4. The smallest absolute Gasteiger partial charge is 0.257 e. The maximum Gasteiger partial charge on any atom is 0.257 e. The first kappa shape index (κ1) is 17.8. The Kier molecular flexibility index (Phi) is 3.58. The van der Waals surface area contributed by atoms with Crippen molar-refractivity contribution in [2.75, 3.05) is 0 Å². The molecule has 0 atom stereocenters. The first-order valence-electron chi connectivity index (χ1n) is 9.90. The molecule has 2 aromatic heterocycles. The first-order chi connectivity index (χ1) is 13.8. The van der Waals surface area contributed by atoms with Gasteiger partial charge in [-0.2, -0.15) is 4.57 Å². The van der Waals surface area contributed by atoms with Crippen molar-refractivity contribution in [1.82, 2.24) is 4.57 Å². The van der Waals surface area contributed by atoms with Crippen LogP contribution in [0.4, 0.5) is 0 Å². The summed E-state index contributed by atoms with van der Waals surface area (Å²) in [5, 5.41) is 3.42. The van der Waals surface area contributed by atoms with Crippen molar-refractivity contribution in [2.24, 2.45) is 14.1 Å². The van der Waals surface area contributed by atoms with E-state index < -0.39 is 5.54 Å². The highest BCUT2D eigenvalue weighted by atomic mass is 16.5. The summed E-state index contributed by atoms with van der Waals surface area (Å²) in [5.74, 6) is 1.81. The van der Waals surface area contributed by atoms with E-state index in [4.69, 9.17) is 11.3 Å². The normalized spacial score (nSPS) is 12.7. The molecule has 3 heterocycles. The number of hydrogen-bond donors (Lipinski definition) is 0. The standard InChI is InChI=1S/C25H24N3O/c1-15-7-10-19-22-20(14-27(19)5)29-24-18-11-16(12-25(2,3)26-4)8-9-17(18)13-28(6)23(24)21(15)22/h7-11,13-14H,12H2,1-3,5-6H3/q+1. The van der Waals surface area contributed by atoms with Gasteiger partial charge in [-0.05, 0) is 36.2 Å². The fourth-order valence-corrected chi connectivity index (χ4v) is 4.56. The van der Waals surface area contributed by atoms with E-state index >= 15 is 0 Å². The lowest BCUT2D eigenvalue weighted by molar-refractivity contribution is -0.659. The third kappa shape index (κ3) is 2.54. The van der Waals surface area contributed by atoms with E-state index in [1.807, 2.05) is 13.8 Å². The van der Waals surface area contributed by atoms with Crippen molar-refractivity contribution in [1.29, 1.82) is 0 Å². The fourth-order valence-electron chi connectivity index (χ4n) is 4.56. The molecule has 0 unspecified atom stereocenters. The molecule has 4 aromatic rings. The number of aryl methyl sites for hydroxylation is 3. The van der Waals surface area contributed by atoms with Crippen LogP contribution >= 0.6 is 0 Å². The Labute approximate surface area is 170 Å². The number of benzene rings is 2. The van der Waals surface area contributed by atoms with Crippen molar-refractivity contribution in [2.45, 2.75) is 32.7 Å². The summed E-state index contributed by atoms with van der Waals surface area (Å²) in [6.45, 7) is 13.6. The van der Waals surface area contributed by atoms with Crippen LogP contribution in [0.3, 0.4) is 0 Å². The van der Waals surface area contributed by atoms with Crippen molar-refractivity contribution < 1.29 is 9.30 Å². The van der Waals surface area contributed by atoms with Crippen LogP contribution in [0.2, 0.25) is 0 Å². The lowest BCUT2D eigenvalue weighted by atomic mass is 9.92. The Morgan fingerprint density at radius 2 is 2.00 bits per heavy atom. The molecule has 0 radical (unpaired) electrons. The molecule has 0 aliphatic carbocycles. The maximum absolute atomic E-state index is 7.46. The lowest BCUT2D eigenvalue weighted by Gasteiger charge is -2.19. The third-order valence-electron chi connectivity index (χ3n) is 5.98. The van der Waals surface area contributed by atoms with E-state index in [0.717, 1.165) is 33.5 Å². The van der Waals surface area contributed by atoms with Crippen molar-refractivity contribution in [3.8, 4) is 22.8 Å². The van der Waals surface area contributed by atoms with Gasteiger partial charge >= 0.3 is 0 Å². The van der Waals surface area contributed by atoms with Gasteiger partial charge in [0.1, 0.15) is 7.05 Å². The molecule has 0 saturated carbocycles. The minimum atomic E-state index is -0.414. The second-order valence-electron chi connectivity index (χ2n) is 8.80. The molecular formula is C25H24N3O+. The number of aromatic nitrogens is 2. The molecule has 144 valence electrons. The lowest BCUT2D eigenvalue weighted by Crippen LogP contribution is -2.32. The molecule has 1 aliphatic rings. The van der Waals surface area contributed by atoms with Gasteiger partial charge in [-0.1, -0.05) is 12.1 Å². The molecule has 0 saturated heterocycles. The minimum absolute atomic E-state index is 0.414. The Morgan fingerprint density at radius 1 is 1.21 bits per heavy atom. The summed E-state index contributed by atoms with van der Waals surface area (Å²) >= 11 is 0. The van der Waals surface area contributed by atoms with Gasteiger partial charge in [0.2, 0.25) is 11.3 Å². The number of hydrogen-bond acceptors (Lipinski definition) is 1. The van der Waals surface area contributed by atoms with Crippen LogP contribution < -0.4 is 9.30 Å². The van der Waals surface area contributed by atoms with E-state index in [-0.39, 0.29) is 0 Å². The van der Waals surface area contributed by atoms with Crippen molar-refractivity contribution in [3.05, 3.63) is 65.3 Å². The monoisotopic (exact) mass is 382 g/mol. The first-order valence-corrected chi connectivity index (χ1v) is 9.90. The highest BCUT2D eigenvalue weighted by molar-refractivity contribution is 6.06. The summed E-state index contributed by atoms with van der Waals surface area (Å²) < 4.78 is 10.8. The average Bonchev–Trinajstić information content (AvgIpc) is 3.00. The molecule has 5 rings (SSSR count). The van der Waals surface area contributed by atoms with Gasteiger partial charge in [-0.3, -0.25) is 0 Å². The second-order valence-corrected chi connectivity index (χ2v) is 8.80. The predicted octanol–water partition coefficient (Wildman–Crippen LogP) is 5.48. The molecule has 0 bridgehead atoms. The molecule has 2 aromatic carbocycles. The topological polar surface area (TPSA) is 22.4 Å². The minimum Gasteiger partial charge on any atom is -0.447 e. The summed E-state index contributed by atoms with van der Waals surface area (Å²) in [6, 6.07) is 10.8. The SMILES string of the molecule is [C-]#[N+]C(C)(C)Cc1ccc2c[n+](C)c3c(c2c1)Oc1cn(C)c2ccc(C)c-3c12. The maximum atomic E-state index is 7.46. The van der Waals surface area contributed by atoms with E-state index in [9.17, 15) is 0 Å². The molecule has 29 heavy (non-hydrogen) atoms. The molecule has 4 heteroatoms. The van der Waals surface area contributed by atoms with E-state index in [2.05, 4.69) is 77.7 Å². The zero-order chi connectivity index (χ0) is 20.5. The fraction of sp³-hybridized carbons (Fsp3) is 0.280. The van der Waals surface area contributed by atoms with Crippen LogP contribution in [0.5, 0.6) is 11.5 Å². The average molecular weight is 382 g/mol. The molecule has 4 nitrogen and oxygen atoms in total. The predicted molar refractivity (Wildman–Crippen MR) is 116 cm³/mol. The highest BCUT2D eigenvalue weighted by Crippen LogP contribution is 2.49. The number of pyridine rings is 1. The summed E-state index contributed by atoms with van der Waals surface area (Å²) in [7, 11) is 4.15. The Hall–Kier alpha value is -3.32. The van der Waals surface area contributed by atoms with Gasteiger partial charge in [0.25, 0.3) is 5.69 Å². The molecule has 1 aliphatic heterocycles. The van der Waals surface area contributed by atoms with E-state index in [1.54, 1.807) is 0 Å². The molecule has 0 amide bonds. The number of rotatable bonds is 2. The summed E-state index contributed by atoms with van der Waals surface area (Å²) in [6.07, 6.45) is 4.96. The van der Waals surface area contributed by atoms with Gasteiger partial charge in [-0.25, -0.2) is 6.57 Å². The van der Waals surface area contributed by atoms with Crippen LogP contribution in [0, 0.1) is 13.5 Å². The Bertz CT molecular complexity index is 1370. The van der Waals surface area contributed by atoms with Crippen LogP contribution in [-0.2, 0) is 20.5 Å². The van der Waals surface area contributed by atoms with Gasteiger partial charge in [-0.15, -0.1) is 0 Å². The molecule has 0 N–H and O–H groups in total. The van der Waals surface area contributed by atoms with Crippen LogP contribution in [0.15, 0.2) is 42.7 Å². The zero-order valence-corrected chi connectivity index (χ0v) is 17.5. The summed E-state index contributed by atoms with van der Waals surface area (Å²) in [4.78, 5) is 3.78. The van der Waals surface area contributed by atoms with Crippen LogP contribution in [0.25, 0.3) is 37.8 Å². The van der Waals surface area contributed by atoms with Gasteiger partial charge < -0.3 is 14.1 Å². The van der Waals surface area contributed by atoms with Gasteiger partial charge in [0, 0.05) is 37.9 Å². The second kappa shape index (κ2) is 5.84. The largest absolute Gasteiger partial charge is 0.447 e. The third-order valence-corrected chi connectivity index (χ3v) is 5.98. The quantitative estimate of drug-likeness (QED) is 0.293.